The summed E-state index contributed by atoms with van der Waals surface area (Å²) in [6.45, 7) is 1.29. The van der Waals surface area contributed by atoms with Crippen LogP contribution in [0.2, 0.25) is 0 Å². The maximum Gasteiger partial charge on any atom is 0.161 e. The minimum atomic E-state index is -0.712. The molecule has 0 spiro atoms. The van der Waals surface area contributed by atoms with Crippen LogP contribution in [0, 0.1) is 0 Å². The summed E-state index contributed by atoms with van der Waals surface area (Å²) in [5, 5.41) is 10.6. The number of fused-ring (bicyclic) bond motifs is 1. The Hall–Kier alpha value is -1.04. The lowest BCUT2D eigenvalue weighted by molar-refractivity contribution is 0.219. The molecule has 1 heterocycles. The summed E-state index contributed by atoms with van der Waals surface area (Å²) < 4.78 is 13.1. The van der Waals surface area contributed by atoms with Crippen LogP contribution in [0.4, 0.5) is 0 Å². The summed E-state index contributed by atoms with van der Waals surface area (Å²) in [5.41, 5.74) is 1.59. The second-order valence-electron chi connectivity index (χ2n) is 4.86. The number of benzene rings is 2. The largest absolute Gasteiger partial charge is 0.490 e. The minimum absolute atomic E-state index is 0.634. The van der Waals surface area contributed by atoms with Gasteiger partial charge in [0.15, 0.2) is 11.5 Å². The maximum atomic E-state index is 10.6. The molecule has 21 heavy (non-hydrogen) atoms. The zero-order valence-electron chi connectivity index (χ0n) is 11.2. The van der Waals surface area contributed by atoms with E-state index in [0.29, 0.717) is 19.0 Å². The van der Waals surface area contributed by atoms with Gasteiger partial charge in [0.25, 0.3) is 0 Å². The van der Waals surface area contributed by atoms with Gasteiger partial charge in [-0.1, -0.05) is 37.9 Å². The molecule has 0 fully saturated rings. The number of aliphatic hydroxyl groups is 1. The lowest BCUT2D eigenvalue weighted by Crippen LogP contribution is -2.01. The first-order valence-electron chi connectivity index (χ1n) is 6.67. The molecule has 2 aromatic carbocycles. The Labute approximate surface area is 140 Å². The number of ether oxygens (including phenoxy) is 2. The zero-order chi connectivity index (χ0) is 14.8. The average Bonchev–Trinajstić information content (AvgIpc) is 2.69. The molecule has 0 radical (unpaired) electrons. The molecule has 1 atom stereocenters. The SMILES string of the molecule is OC(c1cc(Br)cc(Br)c1)c1ccc2c(c1)OCCCO2. The van der Waals surface area contributed by atoms with E-state index >= 15 is 0 Å². The van der Waals surface area contributed by atoms with Gasteiger partial charge in [0.1, 0.15) is 6.10 Å². The van der Waals surface area contributed by atoms with Gasteiger partial charge in [0.2, 0.25) is 0 Å². The third-order valence-corrected chi connectivity index (χ3v) is 4.20. The predicted octanol–water partition coefficient (Wildman–Crippen LogP) is 4.45. The summed E-state index contributed by atoms with van der Waals surface area (Å²) in [6.07, 6.45) is 0.154. The topological polar surface area (TPSA) is 38.7 Å². The number of hydrogen-bond donors (Lipinski definition) is 1. The zero-order valence-corrected chi connectivity index (χ0v) is 14.4. The average molecular weight is 414 g/mol. The van der Waals surface area contributed by atoms with E-state index in [-0.39, 0.29) is 0 Å². The van der Waals surface area contributed by atoms with Crippen molar-refractivity contribution in [2.45, 2.75) is 12.5 Å². The second-order valence-corrected chi connectivity index (χ2v) is 6.69. The van der Waals surface area contributed by atoms with Crippen molar-refractivity contribution in [3.05, 3.63) is 56.5 Å². The van der Waals surface area contributed by atoms with Crippen LogP contribution in [-0.2, 0) is 0 Å². The molecule has 2 aromatic rings. The molecule has 1 aliphatic rings. The molecule has 0 aliphatic carbocycles. The molecule has 0 saturated carbocycles. The van der Waals surface area contributed by atoms with Crippen LogP contribution in [0.25, 0.3) is 0 Å². The van der Waals surface area contributed by atoms with Crippen LogP contribution in [-0.4, -0.2) is 18.3 Å². The normalized spacial score (nSPS) is 15.4. The molecule has 110 valence electrons. The first-order chi connectivity index (χ1) is 10.1. The second kappa shape index (κ2) is 6.38. The number of hydrogen-bond acceptors (Lipinski definition) is 3. The van der Waals surface area contributed by atoms with Crippen molar-refractivity contribution >= 4 is 31.9 Å². The number of aliphatic hydroxyl groups excluding tert-OH is 1. The molecule has 0 amide bonds. The Morgan fingerprint density at radius 3 is 2.24 bits per heavy atom. The molecule has 0 aromatic heterocycles. The van der Waals surface area contributed by atoms with Crippen LogP contribution >= 0.6 is 31.9 Å². The van der Waals surface area contributed by atoms with E-state index in [1.54, 1.807) is 0 Å². The molecule has 3 nitrogen and oxygen atoms in total. The molecule has 0 saturated heterocycles. The fourth-order valence-corrected chi connectivity index (χ4v) is 3.60. The van der Waals surface area contributed by atoms with E-state index in [9.17, 15) is 5.11 Å². The first-order valence-corrected chi connectivity index (χ1v) is 8.26. The molecule has 1 aliphatic heterocycles. The van der Waals surface area contributed by atoms with Crippen molar-refractivity contribution in [3.63, 3.8) is 0 Å². The van der Waals surface area contributed by atoms with Crippen molar-refractivity contribution in [2.75, 3.05) is 13.2 Å². The number of rotatable bonds is 2. The highest BCUT2D eigenvalue weighted by atomic mass is 79.9. The summed E-state index contributed by atoms with van der Waals surface area (Å²) in [7, 11) is 0. The van der Waals surface area contributed by atoms with Gasteiger partial charge in [0, 0.05) is 15.4 Å². The lowest BCUT2D eigenvalue weighted by atomic mass is 10.0. The summed E-state index contributed by atoms with van der Waals surface area (Å²) in [6, 6.07) is 11.3. The van der Waals surface area contributed by atoms with Crippen molar-refractivity contribution < 1.29 is 14.6 Å². The molecule has 3 rings (SSSR count). The van der Waals surface area contributed by atoms with Gasteiger partial charge in [0.05, 0.1) is 13.2 Å². The standard InChI is InChI=1S/C16H14Br2O3/c17-12-6-11(7-13(18)9-12)16(19)10-2-3-14-15(8-10)21-5-1-4-20-14/h2-3,6-9,16,19H,1,4-5H2. The highest BCUT2D eigenvalue weighted by Crippen LogP contribution is 2.35. The van der Waals surface area contributed by atoms with Gasteiger partial charge < -0.3 is 14.6 Å². The molecule has 1 unspecified atom stereocenters. The van der Waals surface area contributed by atoms with E-state index in [2.05, 4.69) is 31.9 Å². The summed E-state index contributed by atoms with van der Waals surface area (Å²) in [4.78, 5) is 0. The quantitative estimate of drug-likeness (QED) is 0.790. The maximum absolute atomic E-state index is 10.6. The Balaban J connectivity index is 1.94. The van der Waals surface area contributed by atoms with E-state index < -0.39 is 6.10 Å². The van der Waals surface area contributed by atoms with E-state index in [1.807, 2.05) is 36.4 Å². The van der Waals surface area contributed by atoms with Gasteiger partial charge in [-0.25, -0.2) is 0 Å². The predicted molar refractivity (Wildman–Crippen MR) is 88.0 cm³/mol. The first kappa shape index (κ1) is 14.9. The van der Waals surface area contributed by atoms with E-state index in [0.717, 1.165) is 32.2 Å². The Morgan fingerprint density at radius 1 is 0.857 bits per heavy atom. The fourth-order valence-electron chi connectivity index (χ4n) is 2.28. The van der Waals surface area contributed by atoms with Crippen LogP contribution < -0.4 is 9.47 Å². The summed E-state index contributed by atoms with van der Waals surface area (Å²) in [5.74, 6) is 1.43. The highest BCUT2D eigenvalue weighted by molar-refractivity contribution is 9.11. The highest BCUT2D eigenvalue weighted by Gasteiger charge is 2.16. The molecular formula is C16H14Br2O3. The Kier molecular flexibility index (Phi) is 4.52. The fraction of sp³-hybridized carbons (Fsp3) is 0.250. The van der Waals surface area contributed by atoms with E-state index in [1.165, 1.54) is 0 Å². The van der Waals surface area contributed by atoms with Gasteiger partial charge in [-0.15, -0.1) is 0 Å². The Bertz CT molecular complexity index is 638. The molecule has 5 heteroatoms. The molecule has 0 bridgehead atoms. The minimum Gasteiger partial charge on any atom is -0.490 e. The Morgan fingerprint density at radius 2 is 1.52 bits per heavy atom. The van der Waals surface area contributed by atoms with Crippen LogP contribution in [0.15, 0.2) is 45.3 Å². The van der Waals surface area contributed by atoms with Crippen molar-refractivity contribution in [1.82, 2.24) is 0 Å². The van der Waals surface area contributed by atoms with Crippen LogP contribution in [0.5, 0.6) is 11.5 Å². The van der Waals surface area contributed by atoms with Gasteiger partial charge in [-0.05, 0) is 41.5 Å². The van der Waals surface area contributed by atoms with E-state index in [4.69, 9.17) is 9.47 Å². The van der Waals surface area contributed by atoms with Crippen LogP contribution in [0.3, 0.4) is 0 Å². The van der Waals surface area contributed by atoms with Crippen molar-refractivity contribution in [2.24, 2.45) is 0 Å². The molecular weight excluding hydrogens is 400 g/mol. The third-order valence-electron chi connectivity index (χ3n) is 3.29. The molecule has 1 N–H and O–H groups in total. The van der Waals surface area contributed by atoms with Crippen LogP contribution in [0.1, 0.15) is 23.7 Å². The van der Waals surface area contributed by atoms with Gasteiger partial charge >= 0.3 is 0 Å². The van der Waals surface area contributed by atoms with Crippen molar-refractivity contribution in [3.8, 4) is 11.5 Å². The number of halogens is 2. The monoisotopic (exact) mass is 412 g/mol. The van der Waals surface area contributed by atoms with Gasteiger partial charge in [-0.3, -0.25) is 0 Å². The summed E-state index contributed by atoms with van der Waals surface area (Å²) >= 11 is 6.88. The van der Waals surface area contributed by atoms with Crippen molar-refractivity contribution in [1.29, 1.82) is 0 Å². The lowest BCUT2D eigenvalue weighted by Gasteiger charge is -2.15. The third kappa shape index (κ3) is 3.42. The smallest absolute Gasteiger partial charge is 0.161 e. The van der Waals surface area contributed by atoms with Gasteiger partial charge in [-0.2, -0.15) is 0 Å².